The zero-order valence-corrected chi connectivity index (χ0v) is 16.9. The molecule has 0 saturated carbocycles. The van der Waals surface area contributed by atoms with Crippen LogP contribution in [0.4, 0.5) is 0 Å². The van der Waals surface area contributed by atoms with Crippen LogP contribution in [0.1, 0.15) is 36.0 Å². The van der Waals surface area contributed by atoms with Crippen molar-refractivity contribution in [3.63, 3.8) is 0 Å². The molecule has 2 N–H and O–H groups in total. The van der Waals surface area contributed by atoms with Crippen molar-refractivity contribution >= 4 is 41.0 Å². The Morgan fingerprint density at radius 3 is 2.46 bits per heavy atom. The first-order valence-corrected chi connectivity index (χ1v) is 10.3. The predicted molar refractivity (Wildman–Crippen MR) is 111 cm³/mol. The minimum absolute atomic E-state index is 0.155. The van der Waals surface area contributed by atoms with Crippen LogP contribution < -0.4 is 10.6 Å². The summed E-state index contributed by atoms with van der Waals surface area (Å²) >= 11 is 3.30. The van der Waals surface area contributed by atoms with Crippen molar-refractivity contribution in [1.29, 1.82) is 0 Å². The van der Waals surface area contributed by atoms with E-state index in [1.165, 1.54) is 11.3 Å². The number of rotatable bonds is 7. The van der Waals surface area contributed by atoms with Gasteiger partial charge < -0.3 is 10.6 Å². The fourth-order valence-corrected chi connectivity index (χ4v) is 3.55. The van der Waals surface area contributed by atoms with Crippen molar-refractivity contribution in [1.82, 2.24) is 10.6 Å². The summed E-state index contributed by atoms with van der Waals surface area (Å²) in [5.41, 5.74) is 0.766. The predicted octanol–water partition coefficient (Wildman–Crippen LogP) is 4.17. The number of carbonyl (C=O) groups is 2. The van der Waals surface area contributed by atoms with E-state index in [0.717, 1.165) is 10.6 Å². The third kappa shape index (κ3) is 7.06. The molecule has 6 heteroatoms. The Morgan fingerprint density at radius 2 is 1.85 bits per heavy atom. The zero-order chi connectivity index (χ0) is 19.0. The van der Waals surface area contributed by atoms with Gasteiger partial charge in [-0.3, -0.25) is 9.59 Å². The van der Waals surface area contributed by atoms with Gasteiger partial charge in [0.15, 0.2) is 0 Å². The molecule has 2 rings (SSSR count). The lowest BCUT2D eigenvalue weighted by atomic mass is 10.2. The molecule has 1 aromatic heterocycles. The van der Waals surface area contributed by atoms with E-state index < -0.39 is 0 Å². The first-order valence-electron chi connectivity index (χ1n) is 8.39. The largest absolute Gasteiger partial charge is 0.350 e. The van der Waals surface area contributed by atoms with Crippen LogP contribution in [0.25, 0.3) is 6.08 Å². The molecule has 0 saturated heterocycles. The van der Waals surface area contributed by atoms with Crippen molar-refractivity contribution in [3.05, 3.63) is 64.0 Å². The summed E-state index contributed by atoms with van der Waals surface area (Å²) in [4.78, 5) is 25.9. The van der Waals surface area contributed by atoms with E-state index in [1.54, 1.807) is 42.1 Å². The molecule has 0 bridgehead atoms. The second-order valence-corrected chi connectivity index (χ2v) is 9.51. The minimum Gasteiger partial charge on any atom is -0.350 e. The molecule has 0 atom stereocenters. The Morgan fingerprint density at radius 1 is 1.12 bits per heavy atom. The topological polar surface area (TPSA) is 58.2 Å². The van der Waals surface area contributed by atoms with Crippen LogP contribution in [0.2, 0.25) is 0 Å². The summed E-state index contributed by atoms with van der Waals surface area (Å²) in [6.07, 6.45) is 1.71. The first kappa shape index (κ1) is 20.3. The van der Waals surface area contributed by atoms with Crippen LogP contribution in [-0.2, 0) is 4.79 Å². The molecule has 138 valence electrons. The molecule has 0 aliphatic heterocycles. The van der Waals surface area contributed by atoms with Crippen molar-refractivity contribution in [2.24, 2.45) is 0 Å². The van der Waals surface area contributed by atoms with E-state index in [4.69, 9.17) is 0 Å². The number of thioether (sulfide) groups is 1. The van der Waals surface area contributed by atoms with Gasteiger partial charge in [-0.05, 0) is 29.7 Å². The molecule has 2 amide bonds. The molecule has 0 radical (unpaired) electrons. The fourth-order valence-electron chi connectivity index (χ4n) is 2.08. The Bertz CT molecular complexity index is 748. The lowest BCUT2D eigenvalue weighted by Gasteiger charge is -2.17. The maximum atomic E-state index is 12.6. The molecular formula is C20H24N2O2S2. The average Bonchev–Trinajstić information content (AvgIpc) is 3.11. The van der Waals surface area contributed by atoms with E-state index in [1.807, 2.05) is 23.6 Å². The summed E-state index contributed by atoms with van der Waals surface area (Å²) in [6, 6.07) is 12.7. The fraction of sp³-hybridized carbons (Fsp3) is 0.300. The number of nitrogens with one attached hydrogen (secondary N) is 2. The normalized spacial score (nSPS) is 11.9. The number of benzene rings is 1. The van der Waals surface area contributed by atoms with Crippen molar-refractivity contribution in [3.8, 4) is 0 Å². The average molecular weight is 389 g/mol. The SMILES string of the molecule is CC(C)(C)SCCNC(=O)/C(=C/c1cccs1)NC(=O)c1ccccc1. The van der Waals surface area contributed by atoms with E-state index in [2.05, 4.69) is 31.4 Å². The molecule has 1 heterocycles. The standard InChI is InChI=1S/C20H24N2O2S2/c1-20(2,3)26-13-11-21-19(24)17(14-16-10-7-12-25-16)22-18(23)15-8-5-4-6-9-15/h4-10,12,14H,11,13H2,1-3H3,(H,21,24)(H,22,23)/b17-14-. The van der Waals surface area contributed by atoms with Crippen LogP contribution in [0, 0.1) is 0 Å². The summed E-state index contributed by atoms with van der Waals surface area (Å²) in [5, 5.41) is 7.56. The maximum Gasteiger partial charge on any atom is 0.267 e. The highest BCUT2D eigenvalue weighted by molar-refractivity contribution is 8.00. The van der Waals surface area contributed by atoms with Crippen LogP contribution in [0.15, 0.2) is 53.5 Å². The Hall–Kier alpha value is -2.05. The number of amides is 2. The van der Waals surface area contributed by atoms with Gasteiger partial charge in [-0.2, -0.15) is 11.8 Å². The molecular weight excluding hydrogens is 364 g/mol. The van der Waals surface area contributed by atoms with Gasteiger partial charge in [0.2, 0.25) is 0 Å². The van der Waals surface area contributed by atoms with Gasteiger partial charge in [0.1, 0.15) is 5.70 Å². The molecule has 0 aliphatic carbocycles. The summed E-state index contributed by atoms with van der Waals surface area (Å²) < 4.78 is 0.155. The third-order valence-corrected chi connectivity index (χ3v) is 5.37. The van der Waals surface area contributed by atoms with Crippen molar-refractivity contribution in [2.45, 2.75) is 25.5 Å². The highest BCUT2D eigenvalue weighted by Crippen LogP contribution is 2.22. The Labute approximate surface area is 163 Å². The molecule has 0 fully saturated rings. The second kappa shape index (κ2) is 9.59. The summed E-state index contributed by atoms with van der Waals surface area (Å²) in [5.74, 6) is 0.235. The number of hydrogen-bond acceptors (Lipinski definition) is 4. The lowest BCUT2D eigenvalue weighted by molar-refractivity contribution is -0.117. The monoisotopic (exact) mass is 388 g/mol. The van der Waals surface area contributed by atoms with E-state index in [9.17, 15) is 9.59 Å². The molecule has 1 aromatic carbocycles. The highest BCUT2D eigenvalue weighted by atomic mass is 32.2. The van der Waals surface area contributed by atoms with Crippen LogP contribution >= 0.6 is 23.1 Å². The minimum atomic E-state index is -0.298. The highest BCUT2D eigenvalue weighted by Gasteiger charge is 2.15. The van der Waals surface area contributed by atoms with E-state index >= 15 is 0 Å². The van der Waals surface area contributed by atoms with Gasteiger partial charge in [0.25, 0.3) is 11.8 Å². The Balaban J connectivity index is 2.04. The van der Waals surface area contributed by atoms with Crippen molar-refractivity contribution < 1.29 is 9.59 Å². The van der Waals surface area contributed by atoms with E-state index in [0.29, 0.717) is 12.1 Å². The molecule has 4 nitrogen and oxygen atoms in total. The van der Waals surface area contributed by atoms with Gasteiger partial charge in [0, 0.05) is 27.5 Å². The molecule has 2 aromatic rings. The quantitative estimate of drug-likeness (QED) is 0.553. The molecule has 0 unspecified atom stereocenters. The smallest absolute Gasteiger partial charge is 0.267 e. The summed E-state index contributed by atoms with van der Waals surface area (Å²) in [6.45, 7) is 6.97. The molecule has 0 aliphatic rings. The van der Waals surface area contributed by atoms with Crippen LogP contribution in [-0.4, -0.2) is 28.9 Å². The van der Waals surface area contributed by atoms with Gasteiger partial charge in [-0.15, -0.1) is 11.3 Å². The number of carbonyl (C=O) groups excluding carboxylic acids is 2. The van der Waals surface area contributed by atoms with Crippen LogP contribution in [0.5, 0.6) is 0 Å². The van der Waals surface area contributed by atoms with Gasteiger partial charge in [-0.1, -0.05) is 45.0 Å². The molecule has 0 spiro atoms. The summed E-state index contributed by atoms with van der Waals surface area (Å²) in [7, 11) is 0. The van der Waals surface area contributed by atoms with Gasteiger partial charge >= 0.3 is 0 Å². The maximum absolute atomic E-state index is 12.6. The number of thiophene rings is 1. The Kier molecular flexibility index (Phi) is 7.48. The second-order valence-electron chi connectivity index (χ2n) is 6.61. The first-order chi connectivity index (χ1) is 12.3. The van der Waals surface area contributed by atoms with Crippen molar-refractivity contribution in [2.75, 3.05) is 12.3 Å². The van der Waals surface area contributed by atoms with Crippen LogP contribution in [0.3, 0.4) is 0 Å². The van der Waals surface area contributed by atoms with E-state index in [-0.39, 0.29) is 22.3 Å². The number of hydrogen-bond donors (Lipinski definition) is 2. The van der Waals surface area contributed by atoms with Gasteiger partial charge in [0.05, 0.1) is 0 Å². The zero-order valence-electron chi connectivity index (χ0n) is 15.2. The van der Waals surface area contributed by atoms with Gasteiger partial charge in [-0.25, -0.2) is 0 Å². The third-order valence-electron chi connectivity index (χ3n) is 3.28. The lowest BCUT2D eigenvalue weighted by Crippen LogP contribution is -2.36. The molecule has 26 heavy (non-hydrogen) atoms.